The summed E-state index contributed by atoms with van der Waals surface area (Å²) in [6.45, 7) is 22.3. The number of rotatable bonds is 2. The van der Waals surface area contributed by atoms with Crippen molar-refractivity contribution in [3.05, 3.63) is 55.6 Å². The van der Waals surface area contributed by atoms with E-state index in [0.717, 1.165) is 0 Å². The van der Waals surface area contributed by atoms with Crippen LogP contribution in [0.1, 0.15) is 69.5 Å². The molecule has 0 aromatic heterocycles. The van der Waals surface area contributed by atoms with Gasteiger partial charge in [-0.25, -0.2) is 0 Å². The number of hydrogen-bond acceptors (Lipinski definition) is 0. The van der Waals surface area contributed by atoms with Crippen LogP contribution in [0, 0.1) is 86.5 Å². The predicted octanol–water partition coefficient (Wildman–Crippen LogP) is 0.411. The minimum Gasteiger partial charge on any atom is -1.00 e. The second kappa shape index (κ2) is 12.7. The first-order chi connectivity index (χ1) is 10.2. The molecule has 0 heterocycles. The van der Waals surface area contributed by atoms with E-state index in [-0.39, 0.29) is 55.9 Å². The van der Waals surface area contributed by atoms with E-state index in [4.69, 9.17) is 0 Å². The maximum Gasteiger partial charge on any atom is 4.00 e. The number of halogens is 2. The molecule has 0 spiro atoms. The van der Waals surface area contributed by atoms with E-state index in [9.17, 15) is 0 Å². The molecule has 2 aromatic rings. The molecule has 0 unspecified atom stereocenters. The van der Waals surface area contributed by atoms with Gasteiger partial charge in [0.1, 0.15) is 0 Å². The first kappa shape index (κ1) is 30.1. The molecule has 0 atom stereocenters. The molecule has 0 aliphatic rings. The monoisotopic (exact) mass is 606 g/mol. The molecular formula is C22H34Cl2U. The summed E-state index contributed by atoms with van der Waals surface area (Å²) in [5.41, 5.74) is 15.1. The van der Waals surface area contributed by atoms with Gasteiger partial charge in [-0.05, 0) is 0 Å². The van der Waals surface area contributed by atoms with E-state index in [2.05, 4.69) is 69.2 Å². The summed E-state index contributed by atoms with van der Waals surface area (Å²) < 4.78 is 0. The number of hydrogen-bond donors (Lipinski definition) is 0. The summed E-state index contributed by atoms with van der Waals surface area (Å²) in [7, 11) is 0. The second-order valence-electron chi connectivity index (χ2n) is 6.66. The van der Waals surface area contributed by atoms with Crippen molar-refractivity contribution in [1.29, 1.82) is 0 Å². The Balaban J connectivity index is -0.000000346. The van der Waals surface area contributed by atoms with Crippen LogP contribution in [0.5, 0.6) is 0 Å². The van der Waals surface area contributed by atoms with E-state index in [1.165, 1.54) is 57.3 Å². The van der Waals surface area contributed by atoms with Crippen molar-refractivity contribution in [2.24, 2.45) is 0 Å². The summed E-state index contributed by atoms with van der Waals surface area (Å²) in [6.07, 6.45) is 2.35. The van der Waals surface area contributed by atoms with Gasteiger partial charge in [0.2, 0.25) is 0 Å². The van der Waals surface area contributed by atoms with Crippen molar-refractivity contribution in [2.75, 3.05) is 0 Å². The topological polar surface area (TPSA) is 0 Å². The van der Waals surface area contributed by atoms with Crippen LogP contribution in [0.25, 0.3) is 0 Å². The van der Waals surface area contributed by atoms with Crippen LogP contribution < -0.4 is 24.8 Å². The molecule has 3 heteroatoms. The molecule has 0 aliphatic heterocycles. The van der Waals surface area contributed by atoms with E-state index in [1.54, 1.807) is 11.1 Å². The Hall–Kier alpha value is 0.332. The quantitative estimate of drug-likeness (QED) is 0.435. The van der Waals surface area contributed by atoms with Crippen molar-refractivity contribution in [3.8, 4) is 0 Å². The van der Waals surface area contributed by atoms with Gasteiger partial charge in [0.05, 0.1) is 0 Å². The smallest absolute Gasteiger partial charge is 1.00 e. The maximum atomic E-state index is 2.23. The van der Waals surface area contributed by atoms with Gasteiger partial charge in [0, 0.05) is 0 Å². The Morgan fingerprint density at radius 3 is 0.880 bits per heavy atom. The third kappa shape index (κ3) is 6.17. The van der Waals surface area contributed by atoms with Crippen molar-refractivity contribution < 1.29 is 55.9 Å². The van der Waals surface area contributed by atoms with E-state index < -0.39 is 0 Å². The van der Waals surface area contributed by atoms with Crippen LogP contribution >= 0.6 is 0 Å². The van der Waals surface area contributed by atoms with Crippen LogP contribution in [-0.4, -0.2) is 0 Å². The molecule has 0 N–H and O–H groups in total. The van der Waals surface area contributed by atoms with Gasteiger partial charge in [0.25, 0.3) is 0 Å². The molecule has 0 bridgehead atoms. The average Bonchev–Trinajstić information content (AvgIpc) is 2.81. The minimum absolute atomic E-state index is 0. The van der Waals surface area contributed by atoms with Crippen molar-refractivity contribution in [1.82, 2.24) is 0 Å². The molecule has 0 fully saturated rings. The largest absolute Gasteiger partial charge is 4.00 e. The van der Waals surface area contributed by atoms with E-state index in [0.29, 0.717) is 0 Å². The molecule has 0 saturated heterocycles. The third-order valence-electron chi connectivity index (χ3n) is 5.89. The van der Waals surface area contributed by atoms with Gasteiger partial charge >= 0.3 is 31.1 Å². The van der Waals surface area contributed by atoms with E-state index in [1.807, 2.05) is 0 Å². The molecule has 2 aromatic carbocycles. The van der Waals surface area contributed by atoms with Gasteiger partial charge in [-0.3, -0.25) is 0 Å². The van der Waals surface area contributed by atoms with Crippen LogP contribution in [0.2, 0.25) is 0 Å². The molecule has 0 aliphatic carbocycles. The Labute approximate surface area is 192 Å². The maximum absolute atomic E-state index is 2.23. The van der Waals surface area contributed by atoms with Gasteiger partial charge in [0.15, 0.2) is 0 Å². The van der Waals surface area contributed by atoms with E-state index >= 15 is 0 Å². The van der Waals surface area contributed by atoms with Gasteiger partial charge in [-0.2, -0.15) is 55.6 Å². The predicted molar refractivity (Wildman–Crippen MR) is 101 cm³/mol. The fraction of sp³-hybridized carbons (Fsp3) is 0.545. The Morgan fingerprint density at radius 1 is 0.560 bits per heavy atom. The zero-order valence-electron chi connectivity index (χ0n) is 17.7. The van der Waals surface area contributed by atoms with Crippen LogP contribution in [-0.2, 0) is 12.8 Å². The van der Waals surface area contributed by atoms with Crippen molar-refractivity contribution in [3.63, 3.8) is 0 Å². The van der Waals surface area contributed by atoms with Gasteiger partial charge in [-0.1, -0.05) is 82.1 Å². The molecule has 25 heavy (non-hydrogen) atoms. The molecule has 0 radical (unpaired) electrons. The molecular weight excluding hydrogens is 573 g/mol. The molecule has 140 valence electrons. The fourth-order valence-corrected chi connectivity index (χ4v) is 3.65. The van der Waals surface area contributed by atoms with Crippen LogP contribution in [0.4, 0.5) is 0 Å². The normalized spacial score (nSPS) is 9.36. The Kier molecular flexibility index (Phi) is 15.2. The summed E-state index contributed by atoms with van der Waals surface area (Å²) in [6, 6.07) is 0. The van der Waals surface area contributed by atoms with Gasteiger partial charge in [-0.15, -0.1) is 0 Å². The molecule has 2 rings (SSSR count). The molecule has 0 saturated carbocycles. The summed E-state index contributed by atoms with van der Waals surface area (Å²) >= 11 is 0. The Bertz CT molecular complexity index is 551. The third-order valence-corrected chi connectivity index (χ3v) is 5.89. The Morgan fingerprint density at radius 2 is 0.800 bits per heavy atom. The summed E-state index contributed by atoms with van der Waals surface area (Å²) in [5, 5.41) is 0. The average molecular weight is 607 g/mol. The SMILES string of the molecule is CCc1c(C)c(C)c(C)[c-]1C.CCc1c(C)c(C)c(C)[c-]1C.[Cl-].[Cl-].[U+4]. The minimum atomic E-state index is 0. The van der Waals surface area contributed by atoms with Crippen LogP contribution in [0.15, 0.2) is 0 Å². The fourth-order valence-electron chi connectivity index (χ4n) is 3.65. The first-order valence-electron chi connectivity index (χ1n) is 8.62. The standard InChI is InChI=1S/2C11H17.2ClH.U/c2*1-6-11-9(4)7(2)8(3)10(11)5;;;/h2*6H2,1-5H3;2*1H;/q2*-1;;;+4/p-2. The van der Waals surface area contributed by atoms with Crippen molar-refractivity contribution >= 4 is 0 Å². The first-order valence-corrected chi connectivity index (χ1v) is 8.62. The van der Waals surface area contributed by atoms with Crippen LogP contribution in [0.3, 0.4) is 0 Å². The zero-order chi connectivity index (χ0) is 17.2. The summed E-state index contributed by atoms with van der Waals surface area (Å²) in [4.78, 5) is 0. The molecule has 0 nitrogen and oxygen atoms in total. The zero-order valence-corrected chi connectivity index (χ0v) is 23.3. The molecule has 0 amide bonds. The van der Waals surface area contributed by atoms with Crippen molar-refractivity contribution in [2.45, 2.75) is 82.1 Å². The second-order valence-corrected chi connectivity index (χ2v) is 6.66. The van der Waals surface area contributed by atoms with Gasteiger partial charge < -0.3 is 24.8 Å². The summed E-state index contributed by atoms with van der Waals surface area (Å²) in [5.74, 6) is 0.